The zero-order chi connectivity index (χ0) is 15.6. The summed E-state index contributed by atoms with van der Waals surface area (Å²) in [5.41, 5.74) is 3.93. The Morgan fingerprint density at radius 3 is 2.14 bits per heavy atom. The van der Waals surface area contributed by atoms with Gasteiger partial charge in [-0.15, -0.1) is 0 Å². The molecule has 112 valence electrons. The first kappa shape index (κ1) is 15.2. The summed E-state index contributed by atoms with van der Waals surface area (Å²) in [7, 11) is 0. The number of rotatable bonds is 3. The summed E-state index contributed by atoms with van der Waals surface area (Å²) in [4.78, 5) is 8.99. The van der Waals surface area contributed by atoms with Gasteiger partial charge in [0.05, 0.1) is 0 Å². The molecule has 0 radical (unpaired) electrons. The van der Waals surface area contributed by atoms with Gasteiger partial charge in [0.2, 0.25) is 0 Å². The van der Waals surface area contributed by atoms with E-state index in [2.05, 4.69) is 20.7 Å². The Morgan fingerprint density at radius 1 is 1.05 bits per heavy atom. The molecule has 0 saturated carbocycles. The van der Waals surface area contributed by atoms with E-state index >= 15 is 0 Å². The molecule has 0 aliphatic rings. The molecule has 0 bridgehead atoms. The van der Waals surface area contributed by atoms with Gasteiger partial charge in [-0.1, -0.05) is 20.8 Å². The third-order valence-electron chi connectivity index (χ3n) is 3.06. The molecule has 1 heterocycles. The van der Waals surface area contributed by atoms with Crippen molar-refractivity contribution in [2.24, 2.45) is 5.84 Å². The summed E-state index contributed by atoms with van der Waals surface area (Å²) < 4.78 is 13.0. The molecule has 0 spiro atoms. The number of hydrogen-bond donors (Lipinski definition) is 3. The maximum absolute atomic E-state index is 13.0. The highest BCUT2D eigenvalue weighted by Crippen LogP contribution is 2.27. The summed E-state index contributed by atoms with van der Waals surface area (Å²) in [5.74, 6) is 7.14. The van der Waals surface area contributed by atoms with Crippen molar-refractivity contribution in [2.75, 3.05) is 10.7 Å². The standard InChI is InChI=1S/C15H20FN5/c1-9-12(18-11-7-5-10(16)6-8-11)19-14(15(2,3)4)20-13(9)21-17/h5-8H,17H2,1-4H3,(H2,18,19,20,21). The Balaban J connectivity index is 2.44. The van der Waals surface area contributed by atoms with E-state index in [1.165, 1.54) is 12.1 Å². The van der Waals surface area contributed by atoms with Crippen LogP contribution in [0.4, 0.5) is 21.7 Å². The highest BCUT2D eigenvalue weighted by atomic mass is 19.1. The van der Waals surface area contributed by atoms with Crippen LogP contribution in [-0.4, -0.2) is 9.97 Å². The first-order chi connectivity index (χ1) is 9.81. The number of hydrazine groups is 1. The van der Waals surface area contributed by atoms with Gasteiger partial charge in [0, 0.05) is 16.7 Å². The van der Waals surface area contributed by atoms with Crippen LogP contribution in [0.5, 0.6) is 0 Å². The maximum atomic E-state index is 13.0. The summed E-state index contributed by atoms with van der Waals surface area (Å²) in [6.07, 6.45) is 0. The predicted molar refractivity (Wildman–Crippen MR) is 83.0 cm³/mol. The third-order valence-corrected chi connectivity index (χ3v) is 3.06. The Bertz CT molecular complexity index is 632. The van der Waals surface area contributed by atoms with Crippen molar-refractivity contribution in [1.82, 2.24) is 9.97 Å². The minimum absolute atomic E-state index is 0.210. The van der Waals surface area contributed by atoms with Crippen LogP contribution in [-0.2, 0) is 5.41 Å². The van der Waals surface area contributed by atoms with E-state index in [4.69, 9.17) is 5.84 Å². The molecule has 0 amide bonds. The predicted octanol–water partition coefficient (Wildman–Crippen LogP) is 3.25. The zero-order valence-corrected chi connectivity index (χ0v) is 12.7. The van der Waals surface area contributed by atoms with Crippen LogP contribution in [0.2, 0.25) is 0 Å². The summed E-state index contributed by atoms with van der Waals surface area (Å²) in [6, 6.07) is 6.10. The normalized spacial score (nSPS) is 11.3. The van der Waals surface area contributed by atoms with Gasteiger partial charge in [0.25, 0.3) is 0 Å². The number of nitrogens with two attached hydrogens (primary N) is 1. The van der Waals surface area contributed by atoms with Gasteiger partial charge in [-0.05, 0) is 31.2 Å². The fourth-order valence-corrected chi connectivity index (χ4v) is 1.78. The molecule has 0 fully saturated rings. The average Bonchev–Trinajstić information content (AvgIpc) is 2.42. The number of anilines is 3. The van der Waals surface area contributed by atoms with E-state index in [1.54, 1.807) is 12.1 Å². The molecule has 6 heteroatoms. The molecule has 4 N–H and O–H groups in total. The fourth-order valence-electron chi connectivity index (χ4n) is 1.78. The first-order valence-electron chi connectivity index (χ1n) is 6.69. The van der Waals surface area contributed by atoms with Gasteiger partial charge < -0.3 is 10.7 Å². The van der Waals surface area contributed by atoms with Crippen molar-refractivity contribution in [3.05, 3.63) is 41.5 Å². The molecule has 5 nitrogen and oxygen atoms in total. The maximum Gasteiger partial charge on any atom is 0.148 e. The van der Waals surface area contributed by atoms with Crippen LogP contribution >= 0.6 is 0 Å². The van der Waals surface area contributed by atoms with E-state index in [0.29, 0.717) is 17.5 Å². The number of nitrogens with one attached hydrogen (secondary N) is 2. The summed E-state index contributed by atoms with van der Waals surface area (Å²) in [6.45, 7) is 7.95. The molecule has 0 aliphatic carbocycles. The SMILES string of the molecule is Cc1c(NN)nc(C(C)(C)C)nc1Nc1ccc(F)cc1. The van der Waals surface area contributed by atoms with Gasteiger partial charge in [-0.2, -0.15) is 0 Å². The van der Waals surface area contributed by atoms with Gasteiger partial charge in [0.1, 0.15) is 23.3 Å². The van der Waals surface area contributed by atoms with Crippen molar-refractivity contribution < 1.29 is 4.39 Å². The van der Waals surface area contributed by atoms with Crippen molar-refractivity contribution in [3.63, 3.8) is 0 Å². The molecular formula is C15H20FN5. The monoisotopic (exact) mass is 289 g/mol. The number of nitrogens with zero attached hydrogens (tertiary/aromatic N) is 2. The molecular weight excluding hydrogens is 269 g/mol. The molecule has 1 aromatic carbocycles. The molecule has 0 saturated heterocycles. The van der Waals surface area contributed by atoms with Crippen molar-refractivity contribution >= 4 is 17.3 Å². The van der Waals surface area contributed by atoms with E-state index in [0.717, 1.165) is 11.3 Å². The summed E-state index contributed by atoms with van der Waals surface area (Å²) in [5, 5.41) is 3.17. The fraction of sp³-hybridized carbons (Fsp3) is 0.333. The Kier molecular flexibility index (Phi) is 4.09. The van der Waals surface area contributed by atoms with Crippen LogP contribution in [0.3, 0.4) is 0 Å². The van der Waals surface area contributed by atoms with Gasteiger partial charge in [-0.25, -0.2) is 20.2 Å². The van der Waals surface area contributed by atoms with Crippen LogP contribution in [0.1, 0.15) is 32.2 Å². The number of benzene rings is 1. The number of nitrogen functional groups attached to an aromatic ring is 1. The molecule has 21 heavy (non-hydrogen) atoms. The van der Waals surface area contributed by atoms with Crippen LogP contribution < -0.4 is 16.6 Å². The topological polar surface area (TPSA) is 75.9 Å². The number of aromatic nitrogens is 2. The van der Waals surface area contributed by atoms with E-state index in [1.807, 2.05) is 27.7 Å². The number of hydrogen-bond acceptors (Lipinski definition) is 5. The first-order valence-corrected chi connectivity index (χ1v) is 6.69. The smallest absolute Gasteiger partial charge is 0.148 e. The second kappa shape index (κ2) is 5.65. The lowest BCUT2D eigenvalue weighted by atomic mass is 9.95. The van der Waals surface area contributed by atoms with E-state index in [9.17, 15) is 4.39 Å². The second-order valence-electron chi connectivity index (χ2n) is 5.90. The van der Waals surface area contributed by atoms with Gasteiger partial charge in [0.15, 0.2) is 0 Å². The van der Waals surface area contributed by atoms with E-state index in [-0.39, 0.29) is 11.2 Å². The second-order valence-corrected chi connectivity index (χ2v) is 5.90. The lowest BCUT2D eigenvalue weighted by Crippen LogP contribution is -2.20. The van der Waals surface area contributed by atoms with Crippen molar-refractivity contribution in [3.8, 4) is 0 Å². The highest BCUT2D eigenvalue weighted by molar-refractivity contribution is 5.64. The molecule has 0 atom stereocenters. The molecule has 0 unspecified atom stereocenters. The Hall–Kier alpha value is -2.21. The molecule has 0 aliphatic heterocycles. The third kappa shape index (κ3) is 3.46. The lowest BCUT2D eigenvalue weighted by molar-refractivity contribution is 0.546. The minimum Gasteiger partial charge on any atom is -0.340 e. The molecule has 2 rings (SSSR count). The Morgan fingerprint density at radius 2 is 1.62 bits per heavy atom. The molecule has 1 aromatic heterocycles. The van der Waals surface area contributed by atoms with Gasteiger partial charge in [-0.3, -0.25) is 0 Å². The summed E-state index contributed by atoms with van der Waals surface area (Å²) >= 11 is 0. The number of halogens is 1. The largest absolute Gasteiger partial charge is 0.340 e. The van der Waals surface area contributed by atoms with Crippen LogP contribution in [0.15, 0.2) is 24.3 Å². The minimum atomic E-state index is -0.278. The van der Waals surface area contributed by atoms with Crippen molar-refractivity contribution in [2.45, 2.75) is 33.1 Å². The van der Waals surface area contributed by atoms with Crippen molar-refractivity contribution in [1.29, 1.82) is 0 Å². The lowest BCUT2D eigenvalue weighted by Gasteiger charge is -2.20. The van der Waals surface area contributed by atoms with Crippen LogP contribution in [0.25, 0.3) is 0 Å². The van der Waals surface area contributed by atoms with Crippen LogP contribution in [0, 0.1) is 12.7 Å². The Labute approximate surface area is 123 Å². The van der Waals surface area contributed by atoms with E-state index < -0.39 is 0 Å². The average molecular weight is 289 g/mol. The quantitative estimate of drug-likeness (QED) is 0.597. The molecule has 2 aromatic rings. The zero-order valence-electron chi connectivity index (χ0n) is 12.7. The van der Waals surface area contributed by atoms with Gasteiger partial charge >= 0.3 is 0 Å². The highest BCUT2D eigenvalue weighted by Gasteiger charge is 2.21.